The zero-order valence-corrected chi connectivity index (χ0v) is 11.8. The molecule has 104 valence electrons. The van der Waals surface area contributed by atoms with E-state index in [1.807, 2.05) is 37.1 Å². The summed E-state index contributed by atoms with van der Waals surface area (Å²) in [6, 6.07) is 5.88. The van der Waals surface area contributed by atoms with E-state index in [1.165, 1.54) is 5.56 Å². The van der Waals surface area contributed by atoms with Gasteiger partial charge in [0, 0.05) is 32.2 Å². The first-order chi connectivity index (χ1) is 9.59. The van der Waals surface area contributed by atoms with Crippen molar-refractivity contribution in [1.82, 2.24) is 9.97 Å². The van der Waals surface area contributed by atoms with Gasteiger partial charge in [-0.05, 0) is 42.7 Å². The number of nitrogens with zero attached hydrogens (tertiary/aromatic N) is 3. The predicted octanol–water partition coefficient (Wildman–Crippen LogP) is 1.75. The number of amidine groups is 1. The average Bonchev–Trinajstić information content (AvgIpc) is 2.45. The maximum absolute atomic E-state index is 7.71. The summed E-state index contributed by atoms with van der Waals surface area (Å²) in [5.74, 6) is 0.813. The number of aromatic nitrogens is 2. The monoisotopic (exact) mass is 269 g/mol. The summed E-state index contributed by atoms with van der Waals surface area (Å²) in [5.41, 5.74) is 8.58. The molecule has 0 unspecified atom stereocenters. The normalized spacial score (nSPS) is 10.3. The van der Waals surface area contributed by atoms with E-state index in [-0.39, 0.29) is 5.84 Å². The quantitative estimate of drug-likeness (QED) is 0.640. The molecule has 5 heteroatoms. The fraction of sp³-hybridized carbons (Fsp3) is 0.267. The highest BCUT2D eigenvalue weighted by molar-refractivity contribution is 6.00. The van der Waals surface area contributed by atoms with E-state index in [2.05, 4.69) is 9.97 Å². The van der Waals surface area contributed by atoms with Gasteiger partial charge in [-0.25, -0.2) is 4.98 Å². The second kappa shape index (κ2) is 6.14. The Bertz CT molecular complexity index is 594. The van der Waals surface area contributed by atoms with E-state index in [9.17, 15) is 0 Å². The second-order valence-corrected chi connectivity index (χ2v) is 4.77. The molecule has 20 heavy (non-hydrogen) atoms. The van der Waals surface area contributed by atoms with Crippen LogP contribution >= 0.6 is 0 Å². The molecule has 3 N–H and O–H groups in total. The van der Waals surface area contributed by atoms with Crippen LogP contribution in [0, 0.1) is 12.3 Å². The van der Waals surface area contributed by atoms with Crippen LogP contribution in [0.25, 0.3) is 0 Å². The van der Waals surface area contributed by atoms with Gasteiger partial charge in [0.25, 0.3) is 0 Å². The SMILES string of the molecule is Cc1ccnc(N(C)CCc2ccncc2)c1C(=N)N. The van der Waals surface area contributed by atoms with Gasteiger partial charge in [0.1, 0.15) is 11.7 Å². The minimum Gasteiger partial charge on any atom is -0.384 e. The molecular weight excluding hydrogens is 250 g/mol. The van der Waals surface area contributed by atoms with Crippen LogP contribution in [0.3, 0.4) is 0 Å². The van der Waals surface area contributed by atoms with Crippen LogP contribution < -0.4 is 10.6 Å². The van der Waals surface area contributed by atoms with E-state index in [0.29, 0.717) is 5.56 Å². The van der Waals surface area contributed by atoms with Gasteiger partial charge in [-0.15, -0.1) is 0 Å². The van der Waals surface area contributed by atoms with Gasteiger partial charge in [0.05, 0.1) is 5.56 Å². The van der Waals surface area contributed by atoms with Crippen molar-refractivity contribution in [3.05, 3.63) is 53.5 Å². The van der Waals surface area contributed by atoms with E-state index >= 15 is 0 Å². The van der Waals surface area contributed by atoms with Crippen molar-refractivity contribution in [3.63, 3.8) is 0 Å². The third-order valence-corrected chi connectivity index (χ3v) is 3.26. The maximum Gasteiger partial charge on any atom is 0.139 e. The molecule has 0 aliphatic rings. The van der Waals surface area contributed by atoms with Crippen LogP contribution in [0.4, 0.5) is 5.82 Å². The summed E-state index contributed by atoms with van der Waals surface area (Å²) < 4.78 is 0. The van der Waals surface area contributed by atoms with Crippen molar-refractivity contribution in [3.8, 4) is 0 Å². The van der Waals surface area contributed by atoms with Gasteiger partial charge < -0.3 is 10.6 Å². The Balaban J connectivity index is 2.15. The number of hydrogen-bond acceptors (Lipinski definition) is 4. The van der Waals surface area contributed by atoms with E-state index in [0.717, 1.165) is 24.3 Å². The number of nitrogens with one attached hydrogen (secondary N) is 1. The molecule has 0 aliphatic heterocycles. The van der Waals surface area contributed by atoms with Gasteiger partial charge in [-0.1, -0.05) is 0 Å². The highest BCUT2D eigenvalue weighted by atomic mass is 15.2. The van der Waals surface area contributed by atoms with Crippen LogP contribution in [0.2, 0.25) is 0 Å². The number of hydrogen-bond donors (Lipinski definition) is 2. The molecule has 2 aromatic rings. The Hall–Kier alpha value is -2.43. The zero-order chi connectivity index (χ0) is 14.5. The number of pyridine rings is 2. The summed E-state index contributed by atoms with van der Waals surface area (Å²) in [7, 11) is 1.97. The lowest BCUT2D eigenvalue weighted by Gasteiger charge is -2.21. The molecule has 0 amide bonds. The van der Waals surface area contributed by atoms with Crippen molar-refractivity contribution >= 4 is 11.7 Å². The molecule has 5 nitrogen and oxygen atoms in total. The first-order valence-corrected chi connectivity index (χ1v) is 6.49. The number of nitrogens with two attached hydrogens (primary N) is 1. The number of anilines is 1. The van der Waals surface area contributed by atoms with E-state index < -0.39 is 0 Å². The van der Waals surface area contributed by atoms with Gasteiger partial charge in [-0.2, -0.15) is 0 Å². The number of nitrogen functional groups attached to an aromatic ring is 1. The minimum absolute atomic E-state index is 0.0568. The fourth-order valence-electron chi connectivity index (χ4n) is 2.12. The zero-order valence-electron chi connectivity index (χ0n) is 11.8. The highest BCUT2D eigenvalue weighted by Crippen LogP contribution is 2.19. The van der Waals surface area contributed by atoms with E-state index in [1.54, 1.807) is 18.6 Å². The summed E-state index contributed by atoms with van der Waals surface area (Å²) in [5, 5.41) is 7.71. The molecule has 0 atom stereocenters. The third-order valence-electron chi connectivity index (χ3n) is 3.26. The fourth-order valence-corrected chi connectivity index (χ4v) is 2.12. The molecule has 0 fully saturated rings. The lowest BCUT2D eigenvalue weighted by molar-refractivity contribution is 0.855. The smallest absolute Gasteiger partial charge is 0.139 e. The van der Waals surface area contributed by atoms with Crippen molar-refractivity contribution in [2.24, 2.45) is 5.73 Å². The van der Waals surface area contributed by atoms with Crippen molar-refractivity contribution in [2.45, 2.75) is 13.3 Å². The minimum atomic E-state index is 0.0568. The Labute approximate surface area is 119 Å². The first kappa shape index (κ1) is 14.0. The van der Waals surface area contributed by atoms with Crippen molar-refractivity contribution in [2.75, 3.05) is 18.5 Å². The second-order valence-electron chi connectivity index (χ2n) is 4.77. The summed E-state index contributed by atoms with van der Waals surface area (Å²) in [6.45, 7) is 2.75. The molecule has 0 saturated heterocycles. The lowest BCUT2D eigenvalue weighted by atomic mass is 10.1. The largest absolute Gasteiger partial charge is 0.384 e. The van der Waals surface area contributed by atoms with Crippen LogP contribution in [-0.2, 0) is 6.42 Å². The van der Waals surface area contributed by atoms with Gasteiger partial charge >= 0.3 is 0 Å². The molecule has 0 bridgehead atoms. The highest BCUT2D eigenvalue weighted by Gasteiger charge is 2.13. The molecule has 0 spiro atoms. The Morgan fingerprint density at radius 1 is 1.25 bits per heavy atom. The summed E-state index contributed by atoms with van der Waals surface area (Å²) in [4.78, 5) is 10.4. The van der Waals surface area contributed by atoms with E-state index in [4.69, 9.17) is 11.1 Å². The van der Waals surface area contributed by atoms with Crippen LogP contribution in [0.1, 0.15) is 16.7 Å². The van der Waals surface area contributed by atoms with Crippen LogP contribution in [0.15, 0.2) is 36.8 Å². The van der Waals surface area contributed by atoms with Crippen molar-refractivity contribution in [1.29, 1.82) is 5.41 Å². The van der Waals surface area contributed by atoms with Crippen molar-refractivity contribution < 1.29 is 0 Å². The number of rotatable bonds is 5. The molecule has 0 saturated carbocycles. The Morgan fingerprint density at radius 2 is 1.95 bits per heavy atom. The van der Waals surface area contributed by atoms with Gasteiger partial charge in [-0.3, -0.25) is 10.4 Å². The number of likely N-dealkylation sites (N-methyl/N-ethyl adjacent to an activating group) is 1. The Morgan fingerprint density at radius 3 is 2.60 bits per heavy atom. The molecule has 0 radical (unpaired) electrons. The summed E-state index contributed by atoms with van der Waals surface area (Å²) in [6.07, 6.45) is 6.23. The molecule has 2 heterocycles. The van der Waals surface area contributed by atoms with Crippen LogP contribution in [-0.4, -0.2) is 29.4 Å². The third kappa shape index (κ3) is 3.12. The average molecular weight is 269 g/mol. The number of aryl methyl sites for hydroxylation is 1. The maximum atomic E-state index is 7.71. The first-order valence-electron chi connectivity index (χ1n) is 6.49. The lowest BCUT2D eigenvalue weighted by Crippen LogP contribution is -2.26. The standard InChI is InChI=1S/C15H19N5/c1-11-3-9-19-15(13(11)14(16)17)20(2)10-6-12-4-7-18-8-5-12/h3-5,7-9H,6,10H2,1-2H3,(H3,16,17). The van der Waals surface area contributed by atoms with Crippen LogP contribution in [0.5, 0.6) is 0 Å². The Kier molecular flexibility index (Phi) is 4.30. The molecule has 0 aliphatic carbocycles. The summed E-state index contributed by atoms with van der Waals surface area (Å²) >= 11 is 0. The molecule has 0 aromatic carbocycles. The van der Waals surface area contributed by atoms with Gasteiger partial charge in [0.2, 0.25) is 0 Å². The molecular formula is C15H19N5. The molecule has 2 aromatic heterocycles. The topological polar surface area (TPSA) is 78.9 Å². The predicted molar refractivity (Wildman–Crippen MR) is 81.2 cm³/mol. The molecule has 2 rings (SSSR count). The van der Waals surface area contributed by atoms with Gasteiger partial charge in [0.15, 0.2) is 0 Å².